The van der Waals surface area contributed by atoms with Crippen LogP contribution < -0.4 is 10.6 Å². The molecule has 3 rings (SSSR count). The summed E-state index contributed by atoms with van der Waals surface area (Å²) in [4.78, 5) is 8.34. The first-order chi connectivity index (χ1) is 13.6. The minimum absolute atomic E-state index is 0. The first kappa shape index (κ1) is 24.0. The number of nitrogens with one attached hydrogen (secondary N) is 2. The molecule has 0 saturated carbocycles. The quantitative estimate of drug-likeness (QED) is 0.310. The molecule has 2 N–H and O–H groups in total. The van der Waals surface area contributed by atoms with Gasteiger partial charge in [-0.05, 0) is 61.9 Å². The summed E-state index contributed by atoms with van der Waals surface area (Å²) in [5.74, 6) is 0.306. The van der Waals surface area contributed by atoms with Gasteiger partial charge in [-0.1, -0.05) is 6.07 Å². The average Bonchev–Trinajstić information content (AvgIpc) is 3.20. The lowest BCUT2D eigenvalue weighted by atomic mass is 9.98. The van der Waals surface area contributed by atoms with Crippen molar-refractivity contribution in [3.05, 3.63) is 57.8 Å². The van der Waals surface area contributed by atoms with Crippen molar-refractivity contribution in [3.63, 3.8) is 0 Å². The molecule has 0 radical (unpaired) electrons. The third-order valence-corrected chi connectivity index (χ3v) is 5.74. The molecule has 1 saturated heterocycles. The van der Waals surface area contributed by atoms with Gasteiger partial charge in [-0.3, -0.25) is 4.90 Å². The molecule has 29 heavy (non-hydrogen) atoms. The Morgan fingerprint density at radius 2 is 2.14 bits per heavy atom. The third kappa shape index (κ3) is 7.82. The minimum Gasteiger partial charge on any atom is -0.357 e. The molecular formula is C21H29F2IN4S. The normalized spacial score (nSPS) is 17.6. The molecule has 2 aromatic rings. The molecule has 8 heteroatoms. The van der Waals surface area contributed by atoms with E-state index < -0.39 is 11.6 Å². The van der Waals surface area contributed by atoms with Crippen LogP contribution in [-0.2, 0) is 13.1 Å². The van der Waals surface area contributed by atoms with Gasteiger partial charge in [0.2, 0.25) is 0 Å². The highest BCUT2D eigenvalue weighted by Gasteiger charge is 2.20. The Morgan fingerprint density at radius 1 is 1.28 bits per heavy atom. The number of hydrogen-bond donors (Lipinski definition) is 2. The van der Waals surface area contributed by atoms with Crippen LogP contribution in [0.5, 0.6) is 0 Å². The zero-order valence-corrected chi connectivity index (χ0v) is 19.8. The summed E-state index contributed by atoms with van der Waals surface area (Å²) in [7, 11) is 0. The molecule has 1 aromatic heterocycles. The number of benzene rings is 1. The van der Waals surface area contributed by atoms with E-state index in [0.717, 1.165) is 38.3 Å². The number of guanidine groups is 1. The van der Waals surface area contributed by atoms with Gasteiger partial charge >= 0.3 is 0 Å². The van der Waals surface area contributed by atoms with Gasteiger partial charge < -0.3 is 10.6 Å². The summed E-state index contributed by atoms with van der Waals surface area (Å²) in [6.07, 6.45) is 2.38. The lowest BCUT2D eigenvalue weighted by Gasteiger charge is -2.32. The molecule has 1 aromatic carbocycles. The number of likely N-dealkylation sites (tertiary alicyclic amines) is 1. The van der Waals surface area contributed by atoms with Gasteiger partial charge in [0.1, 0.15) is 11.6 Å². The zero-order valence-electron chi connectivity index (χ0n) is 16.7. The van der Waals surface area contributed by atoms with Crippen LogP contribution in [0.3, 0.4) is 0 Å². The topological polar surface area (TPSA) is 39.7 Å². The van der Waals surface area contributed by atoms with Crippen LogP contribution in [0.4, 0.5) is 8.78 Å². The van der Waals surface area contributed by atoms with Gasteiger partial charge in [0.05, 0.1) is 6.54 Å². The molecule has 160 valence electrons. The van der Waals surface area contributed by atoms with Gasteiger partial charge in [0.15, 0.2) is 5.96 Å². The van der Waals surface area contributed by atoms with E-state index in [9.17, 15) is 8.78 Å². The fourth-order valence-corrected chi connectivity index (χ4v) is 4.24. The summed E-state index contributed by atoms with van der Waals surface area (Å²) >= 11 is 1.81. The number of thiophene rings is 1. The number of nitrogens with zero attached hydrogens (tertiary/aromatic N) is 2. The number of rotatable bonds is 7. The average molecular weight is 534 g/mol. The van der Waals surface area contributed by atoms with E-state index >= 15 is 0 Å². The zero-order chi connectivity index (χ0) is 19.8. The fourth-order valence-electron chi connectivity index (χ4n) is 3.50. The molecule has 0 amide bonds. The molecule has 1 aliphatic heterocycles. The molecule has 0 spiro atoms. The molecule has 2 heterocycles. The van der Waals surface area contributed by atoms with Gasteiger partial charge in [-0.25, -0.2) is 13.8 Å². The predicted molar refractivity (Wildman–Crippen MR) is 127 cm³/mol. The molecule has 1 fully saturated rings. The predicted octanol–water partition coefficient (Wildman–Crippen LogP) is 4.61. The van der Waals surface area contributed by atoms with Crippen molar-refractivity contribution in [2.24, 2.45) is 10.9 Å². The Balaban J connectivity index is 0.00000300. The molecule has 1 unspecified atom stereocenters. The maximum Gasteiger partial charge on any atom is 0.191 e. The molecule has 0 bridgehead atoms. The summed E-state index contributed by atoms with van der Waals surface area (Å²) in [6, 6.07) is 7.76. The Morgan fingerprint density at radius 3 is 2.90 bits per heavy atom. The van der Waals surface area contributed by atoms with E-state index in [2.05, 4.69) is 38.0 Å². The largest absolute Gasteiger partial charge is 0.357 e. The molecule has 1 aliphatic rings. The van der Waals surface area contributed by atoms with Crippen LogP contribution in [0.25, 0.3) is 0 Å². The first-order valence-corrected chi connectivity index (χ1v) is 10.7. The number of halogens is 3. The smallest absolute Gasteiger partial charge is 0.191 e. The molecular weight excluding hydrogens is 505 g/mol. The number of aliphatic imine (C=N–C) groups is 1. The Bertz CT molecular complexity index is 770. The molecule has 0 aliphatic carbocycles. The highest BCUT2D eigenvalue weighted by molar-refractivity contribution is 14.0. The lowest BCUT2D eigenvalue weighted by Crippen LogP contribution is -2.44. The second kappa shape index (κ2) is 12.4. The van der Waals surface area contributed by atoms with Crippen molar-refractivity contribution in [2.75, 3.05) is 26.2 Å². The second-order valence-electron chi connectivity index (χ2n) is 7.13. The highest BCUT2D eigenvalue weighted by atomic mass is 127. The van der Waals surface area contributed by atoms with Gasteiger partial charge in [0.25, 0.3) is 0 Å². The van der Waals surface area contributed by atoms with Crippen LogP contribution in [0, 0.1) is 17.6 Å². The Kier molecular flexibility index (Phi) is 10.3. The van der Waals surface area contributed by atoms with Crippen LogP contribution >= 0.6 is 35.3 Å². The van der Waals surface area contributed by atoms with Gasteiger partial charge in [-0.15, -0.1) is 35.3 Å². The van der Waals surface area contributed by atoms with Crippen molar-refractivity contribution in [2.45, 2.75) is 32.9 Å². The molecule has 4 nitrogen and oxygen atoms in total. The summed E-state index contributed by atoms with van der Waals surface area (Å²) in [5.41, 5.74) is 0.261. The number of piperidine rings is 1. The van der Waals surface area contributed by atoms with Crippen LogP contribution in [0.2, 0.25) is 0 Å². The minimum atomic E-state index is -0.447. The second-order valence-corrected chi connectivity index (χ2v) is 8.17. The van der Waals surface area contributed by atoms with E-state index in [-0.39, 0.29) is 36.1 Å². The third-order valence-electron chi connectivity index (χ3n) is 4.88. The van der Waals surface area contributed by atoms with E-state index in [1.807, 2.05) is 6.92 Å². The standard InChI is InChI=1S/C21H28F2N4S.HI/c1-2-24-21(26-13-17-11-18(22)7-8-20(17)23)25-12-16-5-3-9-27(14-16)15-19-6-4-10-28-19;/h4,6-8,10-11,16H,2-3,5,9,12-15H2,1H3,(H2,24,25,26);1H. The summed E-state index contributed by atoms with van der Waals surface area (Å²) in [5, 5.41) is 8.68. The van der Waals surface area contributed by atoms with Crippen LogP contribution in [0.1, 0.15) is 30.2 Å². The van der Waals surface area contributed by atoms with E-state index in [4.69, 9.17) is 0 Å². The van der Waals surface area contributed by atoms with Crippen LogP contribution in [-0.4, -0.2) is 37.0 Å². The Labute approximate surface area is 192 Å². The highest BCUT2D eigenvalue weighted by Crippen LogP contribution is 2.20. The summed E-state index contributed by atoms with van der Waals surface area (Å²) in [6.45, 7) is 6.84. The summed E-state index contributed by atoms with van der Waals surface area (Å²) < 4.78 is 27.1. The van der Waals surface area contributed by atoms with E-state index in [1.165, 1.54) is 23.8 Å². The number of hydrogen-bond acceptors (Lipinski definition) is 3. The van der Waals surface area contributed by atoms with Gasteiger partial charge in [-0.2, -0.15) is 0 Å². The van der Waals surface area contributed by atoms with Crippen molar-refractivity contribution < 1.29 is 8.78 Å². The van der Waals surface area contributed by atoms with E-state index in [0.29, 0.717) is 18.4 Å². The monoisotopic (exact) mass is 534 g/mol. The van der Waals surface area contributed by atoms with Crippen molar-refractivity contribution in [1.82, 2.24) is 15.5 Å². The van der Waals surface area contributed by atoms with Gasteiger partial charge in [0, 0.05) is 36.6 Å². The van der Waals surface area contributed by atoms with Crippen LogP contribution in [0.15, 0.2) is 40.7 Å². The maximum absolute atomic E-state index is 13.8. The SMILES string of the molecule is CCNC(=NCc1cc(F)ccc1F)NCC1CCCN(Cc2cccs2)C1.I. The fraction of sp³-hybridized carbons (Fsp3) is 0.476. The molecule has 1 atom stereocenters. The lowest BCUT2D eigenvalue weighted by molar-refractivity contribution is 0.169. The van der Waals surface area contributed by atoms with E-state index in [1.54, 1.807) is 11.3 Å². The van der Waals surface area contributed by atoms with Crippen molar-refractivity contribution in [3.8, 4) is 0 Å². The van der Waals surface area contributed by atoms with Crippen molar-refractivity contribution in [1.29, 1.82) is 0 Å². The Hall–Kier alpha value is -1.26. The maximum atomic E-state index is 13.8. The first-order valence-electron chi connectivity index (χ1n) is 9.85. The van der Waals surface area contributed by atoms with Crippen molar-refractivity contribution >= 4 is 41.3 Å².